The van der Waals surface area contributed by atoms with Gasteiger partial charge in [-0.05, 0) is 61.7 Å². The average molecular weight is 380 g/mol. The molecule has 1 aromatic heterocycles. The lowest BCUT2D eigenvalue weighted by Crippen LogP contribution is -2.40. The predicted octanol–water partition coefficient (Wildman–Crippen LogP) is 4.60. The molecule has 1 aliphatic heterocycles. The number of aryl methyl sites for hydroxylation is 1. The van der Waals surface area contributed by atoms with Gasteiger partial charge >= 0.3 is 6.03 Å². The lowest BCUT2D eigenvalue weighted by molar-refractivity contribution is 0.190. The second-order valence-corrected chi connectivity index (χ2v) is 7.01. The van der Waals surface area contributed by atoms with E-state index in [1.54, 1.807) is 17.0 Å². The van der Waals surface area contributed by atoms with Crippen molar-refractivity contribution in [1.29, 1.82) is 0 Å². The summed E-state index contributed by atoms with van der Waals surface area (Å²) in [6.07, 6.45) is 1.51. The Labute approximate surface area is 162 Å². The minimum atomic E-state index is -0.306. The van der Waals surface area contributed by atoms with E-state index in [1.165, 1.54) is 12.1 Å². The molecule has 0 radical (unpaired) electrons. The SMILES string of the molecule is Cc1cccc(NC(=O)N2CCC(c3nnc(-c4ccc(F)cc4)o3)CC2)c1. The van der Waals surface area contributed by atoms with Crippen LogP contribution in [0, 0.1) is 12.7 Å². The Balaban J connectivity index is 1.35. The van der Waals surface area contributed by atoms with E-state index in [0.717, 1.165) is 24.1 Å². The summed E-state index contributed by atoms with van der Waals surface area (Å²) < 4.78 is 18.8. The van der Waals surface area contributed by atoms with Crippen molar-refractivity contribution in [3.63, 3.8) is 0 Å². The normalized spacial score (nSPS) is 14.9. The van der Waals surface area contributed by atoms with Gasteiger partial charge in [-0.3, -0.25) is 0 Å². The van der Waals surface area contributed by atoms with Gasteiger partial charge in [-0.2, -0.15) is 0 Å². The smallest absolute Gasteiger partial charge is 0.321 e. The molecule has 0 atom stereocenters. The van der Waals surface area contributed by atoms with Crippen molar-refractivity contribution in [3.8, 4) is 11.5 Å². The van der Waals surface area contributed by atoms with E-state index in [-0.39, 0.29) is 17.8 Å². The summed E-state index contributed by atoms with van der Waals surface area (Å²) in [7, 11) is 0. The largest absolute Gasteiger partial charge is 0.420 e. The van der Waals surface area contributed by atoms with Crippen LogP contribution in [0.3, 0.4) is 0 Å². The number of urea groups is 1. The number of anilines is 1. The maximum Gasteiger partial charge on any atom is 0.321 e. The number of nitrogens with zero attached hydrogens (tertiary/aromatic N) is 3. The molecule has 0 aliphatic carbocycles. The van der Waals surface area contributed by atoms with Crippen LogP contribution in [0.2, 0.25) is 0 Å². The molecule has 0 saturated carbocycles. The number of hydrogen-bond donors (Lipinski definition) is 1. The molecule has 144 valence electrons. The Bertz CT molecular complexity index is 963. The number of carbonyl (C=O) groups excluding carboxylic acids is 1. The third kappa shape index (κ3) is 4.03. The molecule has 1 N–H and O–H groups in total. The highest BCUT2D eigenvalue weighted by Crippen LogP contribution is 2.29. The maximum atomic E-state index is 13.1. The van der Waals surface area contributed by atoms with Crippen molar-refractivity contribution in [2.45, 2.75) is 25.7 Å². The van der Waals surface area contributed by atoms with Gasteiger partial charge in [0.05, 0.1) is 0 Å². The number of amides is 2. The first-order valence-corrected chi connectivity index (χ1v) is 9.30. The number of hydrogen-bond acceptors (Lipinski definition) is 4. The number of rotatable bonds is 3. The van der Waals surface area contributed by atoms with Gasteiger partial charge in [-0.1, -0.05) is 12.1 Å². The van der Waals surface area contributed by atoms with Crippen LogP contribution in [0.1, 0.15) is 30.2 Å². The van der Waals surface area contributed by atoms with E-state index >= 15 is 0 Å². The summed E-state index contributed by atoms with van der Waals surface area (Å²) >= 11 is 0. The number of carbonyl (C=O) groups is 1. The predicted molar refractivity (Wildman–Crippen MR) is 103 cm³/mol. The monoisotopic (exact) mass is 380 g/mol. The van der Waals surface area contributed by atoms with E-state index in [9.17, 15) is 9.18 Å². The summed E-state index contributed by atoms with van der Waals surface area (Å²) in [5, 5.41) is 11.2. The second kappa shape index (κ2) is 7.80. The zero-order valence-corrected chi connectivity index (χ0v) is 15.6. The van der Waals surface area contributed by atoms with Crippen molar-refractivity contribution in [2.75, 3.05) is 18.4 Å². The molecule has 2 amide bonds. The Hall–Kier alpha value is -3.22. The van der Waals surface area contributed by atoms with Crippen LogP contribution in [-0.4, -0.2) is 34.2 Å². The molecule has 28 heavy (non-hydrogen) atoms. The van der Waals surface area contributed by atoms with Crippen LogP contribution in [-0.2, 0) is 0 Å². The molecule has 0 unspecified atom stereocenters. The third-order valence-electron chi connectivity index (χ3n) is 4.93. The first-order valence-electron chi connectivity index (χ1n) is 9.30. The zero-order valence-electron chi connectivity index (χ0n) is 15.6. The van der Waals surface area contributed by atoms with Crippen LogP contribution in [0.15, 0.2) is 52.9 Å². The van der Waals surface area contributed by atoms with Crippen LogP contribution in [0.4, 0.5) is 14.9 Å². The van der Waals surface area contributed by atoms with Gasteiger partial charge in [0.15, 0.2) is 0 Å². The van der Waals surface area contributed by atoms with Crippen molar-refractivity contribution in [2.24, 2.45) is 0 Å². The Morgan fingerprint density at radius 1 is 1.14 bits per heavy atom. The summed E-state index contributed by atoms with van der Waals surface area (Å²) in [5.41, 5.74) is 2.59. The van der Waals surface area contributed by atoms with Crippen molar-refractivity contribution in [1.82, 2.24) is 15.1 Å². The van der Waals surface area contributed by atoms with Gasteiger partial charge in [0, 0.05) is 30.3 Å². The van der Waals surface area contributed by atoms with Gasteiger partial charge in [-0.25, -0.2) is 9.18 Å². The number of likely N-dealkylation sites (tertiary alicyclic amines) is 1. The van der Waals surface area contributed by atoms with E-state index in [0.29, 0.717) is 30.4 Å². The number of benzene rings is 2. The number of nitrogens with one attached hydrogen (secondary N) is 1. The molecule has 7 heteroatoms. The molecule has 3 aromatic rings. The minimum Gasteiger partial charge on any atom is -0.420 e. The van der Waals surface area contributed by atoms with Gasteiger partial charge in [0.25, 0.3) is 0 Å². The van der Waals surface area contributed by atoms with E-state index in [4.69, 9.17) is 4.42 Å². The number of piperidine rings is 1. The molecule has 2 heterocycles. The van der Waals surface area contributed by atoms with Crippen molar-refractivity contribution in [3.05, 3.63) is 65.8 Å². The summed E-state index contributed by atoms with van der Waals surface area (Å²) in [6, 6.07) is 13.6. The summed E-state index contributed by atoms with van der Waals surface area (Å²) in [6.45, 7) is 3.24. The van der Waals surface area contributed by atoms with Crippen LogP contribution >= 0.6 is 0 Å². The van der Waals surface area contributed by atoms with Crippen molar-refractivity contribution >= 4 is 11.7 Å². The van der Waals surface area contributed by atoms with E-state index in [2.05, 4.69) is 15.5 Å². The molecular formula is C21H21FN4O2. The molecule has 1 aliphatic rings. The molecular weight excluding hydrogens is 359 g/mol. The lowest BCUT2D eigenvalue weighted by Gasteiger charge is -2.30. The molecule has 6 nitrogen and oxygen atoms in total. The molecule has 1 fully saturated rings. The van der Waals surface area contributed by atoms with Gasteiger partial charge in [-0.15, -0.1) is 10.2 Å². The van der Waals surface area contributed by atoms with Crippen LogP contribution < -0.4 is 5.32 Å². The van der Waals surface area contributed by atoms with Gasteiger partial charge in [0.2, 0.25) is 11.8 Å². The minimum absolute atomic E-state index is 0.0958. The van der Waals surface area contributed by atoms with Crippen LogP contribution in [0.25, 0.3) is 11.5 Å². The second-order valence-electron chi connectivity index (χ2n) is 7.01. The highest BCUT2D eigenvalue weighted by Gasteiger charge is 2.27. The Morgan fingerprint density at radius 3 is 2.61 bits per heavy atom. The highest BCUT2D eigenvalue weighted by atomic mass is 19.1. The molecule has 0 bridgehead atoms. The fraction of sp³-hybridized carbons (Fsp3) is 0.286. The lowest BCUT2D eigenvalue weighted by atomic mass is 9.97. The zero-order chi connectivity index (χ0) is 19.5. The third-order valence-corrected chi connectivity index (χ3v) is 4.93. The van der Waals surface area contributed by atoms with Gasteiger partial charge in [0.1, 0.15) is 5.82 Å². The molecule has 0 spiro atoms. The van der Waals surface area contributed by atoms with Crippen LogP contribution in [0.5, 0.6) is 0 Å². The standard InChI is InChI=1S/C21H21FN4O2/c1-14-3-2-4-18(13-14)23-21(27)26-11-9-16(10-12-26)20-25-24-19(28-20)15-5-7-17(22)8-6-15/h2-8,13,16H,9-12H2,1H3,(H,23,27). The van der Waals surface area contributed by atoms with E-state index < -0.39 is 0 Å². The number of aromatic nitrogens is 2. The number of halogens is 1. The molecule has 2 aromatic carbocycles. The molecule has 4 rings (SSSR count). The van der Waals surface area contributed by atoms with Gasteiger partial charge < -0.3 is 14.6 Å². The first kappa shape index (κ1) is 18.2. The Morgan fingerprint density at radius 2 is 1.89 bits per heavy atom. The summed E-state index contributed by atoms with van der Waals surface area (Å²) in [5.74, 6) is 0.761. The quantitative estimate of drug-likeness (QED) is 0.721. The van der Waals surface area contributed by atoms with E-state index in [1.807, 2.05) is 31.2 Å². The highest BCUT2D eigenvalue weighted by molar-refractivity contribution is 5.89. The Kier molecular flexibility index (Phi) is 5.06. The maximum absolute atomic E-state index is 13.1. The summed E-state index contributed by atoms with van der Waals surface area (Å²) in [4.78, 5) is 14.3. The van der Waals surface area contributed by atoms with Crippen molar-refractivity contribution < 1.29 is 13.6 Å². The first-order chi connectivity index (χ1) is 13.6. The topological polar surface area (TPSA) is 71.3 Å². The average Bonchev–Trinajstić information content (AvgIpc) is 3.19. The fourth-order valence-corrected chi connectivity index (χ4v) is 3.36. The molecule has 1 saturated heterocycles. The fourth-order valence-electron chi connectivity index (χ4n) is 3.36.